The summed E-state index contributed by atoms with van der Waals surface area (Å²) in [5.41, 5.74) is 0.817. The molecular formula is C14H21NO3S. The second kappa shape index (κ2) is 5.13. The lowest BCUT2D eigenvalue weighted by atomic mass is 9.84. The van der Waals surface area contributed by atoms with Crippen LogP contribution in [-0.2, 0) is 10.0 Å². The van der Waals surface area contributed by atoms with E-state index in [1.165, 1.54) is 0 Å². The lowest BCUT2D eigenvalue weighted by molar-refractivity contribution is 0.0725. The van der Waals surface area contributed by atoms with Crippen LogP contribution in [0.1, 0.15) is 38.7 Å². The number of hydrogen-bond donors (Lipinski definition) is 1. The molecule has 0 spiro atoms. The maximum atomic E-state index is 11.6. The maximum Gasteiger partial charge on any atom is 0.211 e. The molecule has 0 aromatic heterocycles. The minimum atomic E-state index is -3.15. The summed E-state index contributed by atoms with van der Waals surface area (Å²) < 4.78 is 31.8. The zero-order valence-corrected chi connectivity index (χ0v) is 12.5. The monoisotopic (exact) mass is 283 g/mol. The van der Waals surface area contributed by atoms with E-state index in [9.17, 15) is 8.42 Å². The molecule has 1 aromatic carbocycles. The number of ether oxygens (including phenoxy) is 1. The Bertz CT molecular complexity index is 552. The highest BCUT2D eigenvalue weighted by Crippen LogP contribution is 2.40. The van der Waals surface area contributed by atoms with Crippen LogP contribution >= 0.6 is 0 Å². The summed E-state index contributed by atoms with van der Waals surface area (Å²) in [4.78, 5) is 0. The summed E-state index contributed by atoms with van der Waals surface area (Å²) in [6.07, 6.45) is 0.802. The smallest absolute Gasteiger partial charge is 0.211 e. The molecule has 1 aliphatic rings. The minimum Gasteiger partial charge on any atom is -0.488 e. The van der Waals surface area contributed by atoms with Gasteiger partial charge in [-0.2, -0.15) is 0 Å². The predicted octanol–water partition coefficient (Wildman–Crippen LogP) is 2.27. The molecule has 4 nitrogen and oxygen atoms in total. The molecular weight excluding hydrogens is 262 g/mol. The molecule has 2 rings (SSSR count). The fourth-order valence-corrected chi connectivity index (χ4v) is 3.12. The highest BCUT2D eigenvalue weighted by molar-refractivity contribution is 7.89. The third-order valence-corrected chi connectivity index (χ3v) is 4.78. The fourth-order valence-electron chi connectivity index (χ4n) is 2.47. The van der Waals surface area contributed by atoms with Crippen molar-refractivity contribution >= 4 is 10.0 Å². The molecule has 0 radical (unpaired) electrons. The molecule has 19 heavy (non-hydrogen) atoms. The topological polar surface area (TPSA) is 55.4 Å². The molecule has 0 amide bonds. The van der Waals surface area contributed by atoms with Gasteiger partial charge in [0, 0.05) is 12.5 Å². The second-order valence-electron chi connectivity index (χ2n) is 5.55. The van der Waals surface area contributed by atoms with Crippen LogP contribution < -0.4 is 9.46 Å². The van der Waals surface area contributed by atoms with E-state index in [0.717, 1.165) is 17.7 Å². The summed E-state index contributed by atoms with van der Waals surface area (Å²) in [6.45, 7) is 6.14. The van der Waals surface area contributed by atoms with Crippen LogP contribution in [0.2, 0.25) is 0 Å². The van der Waals surface area contributed by atoms with Crippen molar-refractivity contribution in [2.75, 3.05) is 12.3 Å². The Morgan fingerprint density at radius 3 is 2.74 bits per heavy atom. The number of benzene rings is 1. The first-order valence-corrected chi connectivity index (χ1v) is 8.23. The fraction of sp³-hybridized carbons (Fsp3) is 0.571. The summed E-state index contributed by atoms with van der Waals surface area (Å²) in [5, 5.41) is 0. The first-order valence-electron chi connectivity index (χ1n) is 6.58. The maximum absolute atomic E-state index is 11.6. The molecule has 1 aromatic rings. The molecule has 1 heterocycles. The summed E-state index contributed by atoms with van der Waals surface area (Å²) in [7, 11) is -3.15. The van der Waals surface area contributed by atoms with Gasteiger partial charge >= 0.3 is 0 Å². The number of rotatable bonds is 4. The van der Waals surface area contributed by atoms with Gasteiger partial charge in [0.05, 0.1) is 5.75 Å². The molecule has 1 aliphatic heterocycles. The third kappa shape index (κ3) is 3.48. The van der Waals surface area contributed by atoms with E-state index in [-0.39, 0.29) is 17.3 Å². The van der Waals surface area contributed by atoms with E-state index in [0.29, 0.717) is 6.54 Å². The van der Waals surface area contributed by atoms with E-state index < -0.39 is 10.0 Å². The van der Waals surface area contributed by atoms with Crippen molar-refractivity contribution in [3.05, 3.63) is 29.8 Å². The Morgan fingerprint density at radius 2 is 2.05 bits per heavy atom. The summed E-state index contributed by atoms with van der Waals surface area (Å²) in [6, 6.07) is 7.85. The molecule has 106 valence electrons. The zero-order chi connectivity index (χ0) is 14.1. The van der Waals surface area contributed by atoms with Gasteiger partial charge in [0.2, 0.25) is 10.0 Å². The van der Waals surface area contributed by atoms with Crippen LogP contribution in [0.3, 0.4) is 0 Å². The van der Waals surface area contributed by atoms with Gasteiger partial charge in [-0.05, 0) is 38.8 Å². The van der Waals surface area contributed by atoms with Crippen molar-refractivity contribution in [1.29, 1.82) is 0 Å². The third-order valence-electron chi connectivity index (χ3n) is 3.41. The van der Waals surface area contributed by atoms with Crippen molar-refractivity contribution in [2.24, 2.45) is 0 Å². The van der Waals surface area contributed by atoms with E-state index in [2.05, 4.69) is 4.72 Å². The van der Waals surface area contributed by atoms with Crippen molar-refractivity contribution in [3.63, 3.8) is 0 Å². The van der Waals surface area contributed by atoms with Gasteiger partial charge in [-0.25, -0.2) is 13.1 Å². The number of fused-ring (bicyclic) bond motifs is 1. The SMILES string of the molecule is CCS(=O)(=O)NCC1CC(C)(C)Oc2ccccc21. The number of para-hydroxylation sites is 1. The Labute approximate surface area is 115 Å². The highest BCUT2D eigenvalue weighted by Gasteiger charge is 2.33. The van der Waals surface area contributed by atoms with E-state index >= 15 is 0 Å². The second-order valence-corrected chi connectivity index (χ2v) is 7.65. The molecule has 0 aliphatic carbocycles. The van der Waals surface area contributed by atoms with Gasteiger partial charge in [0.1, 0.15) is 11.4 Å². The van der Waals surface area contributed by atoms with E-state index in [1.54, 1.807) is 6.92 Å². The molecule has 0 saturated heterocycles. The van der Waals surface area contributed by atoms with Crippen LogP contribution in [0.5, 0.6) is 5.75 Å². The molecule has 0 saturated carbocycles. The van der Waals surface area contributed by atoms with Crippen molar-refractivity contribution in [2.45, 2.75) is 38.7 Å². The van der Waals surface area contributed by atoms with Crippen molar-refractivity contribution in [1.82, 2.24) is 4.72 Å². The first kappa shape index (κ1) is 14.3. The van der Waals surface area contributed by atoms with Gasteiger partial charge in [0.15, 0.2) is 0 Å². The van der Waals surface area contributed by atoms with Gasteiger partial charge in [0.25, 0.3) is 0 Å². The Balaban J connectivity index is 2.21. The van der Waals surface area contributed by atoms with Gasteiger partial charge < -0.3 is 4.74 Å². The standard InChI is InChI=1S/C14H21NO3S/c1-4-19(16,17)15-10-11-9-14(2,3)18-13-8-6-5-7-12(11)13/h5-8,11,15H,4,9-10H2,1-3H3. The number of nitrogens with one attached hydrogen (secondary N) is 1. The average Bonchev–Trinajstić information content (AvgIpc) is 2.35. The molecule has 5 heteroatoms. The van der Waals surface area contributed by atoms with Crippen LogP contribution in [-0.4, -0.2) is 26.3 Å². The van der Waals surface area contributed by atoms with Gasteiger partial charge in [-0.3, -0.25) is 0 Å². The largest absolute Gasteiger partial charge is 0.488 e. The van der Waals surface area contributed by atoms with Crippen LogP contribution in [0.4, 0.5) is 0 Å². The molecule has 1 atom stereocenters. The number of hydrogen-bond acceptors (Lipinski definition) is 3. The van der Waals surface area contributed by atoms with Crippen LogP contribution in [0.15, 0.2) is 24.3 Å². The van der Waals surface area contributed by atoms with Crippen molar-refractivity contribution in [3.8, 4) is 5.75 Å². The Morgan fingerprint density at radius 1 is 1.37 bits per heavy atom. The molecule has 1 unspecified atom stereocenters. The zero-order valence-electron chi connectivity index (χ0n) is 11.6. The molecule has 1 N–H and O–H groups in total. The Kier molecular flexibility index (Phi) is 3.87. The average molecular weight is 283 g/mol. The minimum absolute atomic E-state index is 0.112. The number of sulfonamides is 1. The predicted molar refractivity (Wildman–Crippen MR) is 76.0 cm³/mol. The first-order chi connectivity index (χ1) is 8.83. The quantitative estimate of drug-likeness (QED) is 0.922. The Hall–Kier alpha value is -1.07. The van der Waals surface area contributed by atoms with Crippen LogP contribution in [0.25, 0.3) is 0 Å². The lowest BCUT2D eigenvalue weighted by Gasteiger charge is -2.37. The van der Waals surface area contributed by atoms with Crippen LogP contribution in [0, 0.1) is 0 Å². The highest BCUT2D eigenvalue weighted by atomic mass is 32.2. The van der Waals surface area contributed by atoms with Crippen molar-refractivity contribution < 1.29 is 13.2 Å². The lowest BCUT2D eigenvalue weighted by Crippen LogP contribution is -2.39. The summed E-state index contributed by atoms with van der Waals surface area (Å²) in [5.74, 6) is 1.13. The normalized spacial score (nSPS) is 21.5. The molecule has 0 fully saturated rings. The van der Waals surface area contributed by atoms with Gasteiger partial charge in [-0.15, -0.1) is 0 Å². The van der Waals surface area contributed by atoms with E-state index in [4.69, 9.17) is 4.74 Å². The molecule has 0 bridgehead atoms. The van der Waals surface area contributed by atoms with Gasteiger partial charge in [-0.1, -0.05) is 18.2 Å². The van der Waals surface area contributed by atoms with E-state index in [1.807, 2.05) is 38.1 Å². The summed E-state index contributed by atoms with van der Waals surface area (Å²) >= 11 is 0.